The van der Waals surface area contributed by atoms with Crippen LogP contribution in [-0.2, 0) is 5.75 Å². The minimum absolute atomic E-state index is 0.736. The van der Waals surface area contributed by atoms with Gasteiger partial charge in [-0.2, -0.15) is 9.61 Å². The largest absolute Gasteiger partial charge is 0.255 e. The summed E-state index contributed by atoms with van der Waals surface area (Å²) in [7, 11) is 0. The Morgan fingerprint density at radius 1 is 0.826 bits per heavy atom. The summed E-state index contributed by atoms with van der Waals surface area (Å²) in [5.74, 6) is 0.830. The van der Waals surface area contributed by atoms with Gasteiger partial charge in [-0.3, -0.25) is 4.98 Å². The van der Waals surface area contributed by atoms with Crippen molar-refractivity contribution in [1.82, 2.24) is 24.8 Å². The standard InChI is InChI=1S/C17H13N5S/c1-2-6-13(7-3-1)12-23-17-20-19-16-10-9-15(21-22(16)17)14-8-4-5-11-18-14/h1-11H,12H2. The van der Waals surface area contributed by atoms with Crippen LogP contribution in [0, 0.1) is 0 Å². The number of aromatic nitrogens is 5. The molecular weight excluding hydrogens is 306 g/mol. The quantitative estimate of drug-likeness (QED) is 0.539. The van der Waals surface area contributed by atoms with Gasteiger partial charge in [0.1, 0.15) is 5.69 Å². The number of thioether (sulfide) groups is 1. The average Bonchev–Trinajstić information content (AvgIpc) is 3.04. The van der Waals surface area contributed by atoms with Gasteiger partial charge in [0, 0.05) is 11.9 Å². The van der Waals surface area contributed by atoms with Crippen LogP contribution in [0.1, 0.15) is 5.56 Å². The molecule has 0 aliphatic rings. The number of benzene rings is 1. The molecule has 4 rings (SSSR count). The van der Waals surface area contributed by atoms with E-state index in [0.717, 1.165) is 27.9 Å². The molecule has 0 amide bonds. The predicted octanol–water partition coefficient (Wildman–Crippen LogP) is 3.48. The molecule has 0 fully saturated rings. The molecule has 1 aromatic carbocycles. The summed E-state index contributed by atoms with van der Waals surface area (Å²) >= 11 is 1.62. The molecule has 0 unspecified atom stereocenters. The first kappa shape index (κ1) is 13.9. The molecule has 0 saturated heterocycles. The molecule has 112 valence electrons. The van der Waals surface area contributed by atoms with E-state index in [-0.39, 0.29) is 0 Å². The maximum absolute atomic E-state index is 4.63. The Morgan fingerprint density at radius 2 is 1.70 bits per heavy atom. The number of nitrogens with zero attached hydrogens (tertiary/aromatic N) is 5. The van der Waals surface area contributed by atoms with Crippen LogP contribution in [-0.4, -0.2) is 24.8 Å². The fourth-order valence-corrected chi connectivity index (χ4v) is 3.08. The van der Waals surface area contributed by atoms with Crippen LogP contribution in [0.25, 0.3) is 17.0 Å². The van der Waals surface area contributed by atoms with E-state index in [1.165, 1.54) is 5.56 Å². The van der Waals surface area contributed by atoms with E-state index in [2.05, 4.69) is 32.4 Å². The monoisotopic (exact) mass is 319 g/mol. The van der Waals surface area contributed by atoms with Crippen molar-refractivity contribution in [1.29, 1.82) is 0 Å². The number of hydrogen-bond acceptors (Lipinski definition) is 5. The smallest absolute Gasteiger partial charge is 0.212 e. The molecule has 0 atom stereocenters. The predicted molar refractivity (Wildman–Crippen MR) is 90.0 cm³/mol. The highest BCUT2D eigenvalue weighted by Gasteiger charge is 2.10. The second-order valence-corrected chi connectivity index (χ2v) is 5.90. The van der Waals surface area contributed by atoms with E-state index in [1.54, 1.807) is 22.5 Å². The average molecular weight is 319 g/mol. The van der Waals surface area contributed by atoms with Crippen LogP contribution < -0.4 is 0 Å². The van der Waals surface area contributed by atoms with Crippen molar-refractivity contribution < 1.29 is 0 Å². The summed E-state index contributed by atoms with van der Waals surface area (Å²) in [6.07, 6.45) is 1.76. The van der Waals surface area contributed by atoms with E-state index in [0.29, 0.717) is 0 Å². The van der Waals surface area contributed by atoms with Gasteiger partial charge in [0.2, 0.25) is 5.16 Å². The minimum Gasteiger partial charge on any atom is -0.255 e. The zero-order chi connectivity index (χ0) is 15.5. The summed E-state index contributed by atoms with van der Waals surface area (Å²) in [6.45, 7) is 0. The Bertz CT molecular complexity index is 922. The van der Waals surface area contributed by atoms with Crippen molar-refractivity contribution in [3.05, 3.63) is 72.4 Å². The van der Waals surface area contributed by atoms with E-state index in [1.807, 2.05) is 48.5 Å². The number of pyridine rings is 1. The van der Waals surface area contributed by atoms with Crippen molar-refractivity contribution in [2.75, 3.05) is 0 Å². The lowest BCUT2D eigenvalue weighted by Gasteiger charge is -2.02. The SMILES string of the molecule is c1ccc(CSc2nnc3ccc(-c4ccccn4)nn23)cc1. The second kappa shape index (κ2) is 6.18. The van der Waals surface area contributed by atoms with E-state index in [4.69, 9.17) is 0 Å². The molecule has 0 aliphatic carbocycles. The molecule has 3 heterocycles. The first-order valence-corrected chi connectivity index (χ1v) is 8.19. The Kier molecular flexibility index (Phi) is 3.73. The zero-order valence-electron chi connectivity index (χ0n) is 12.2. The van der Waals surface area contributed by atoms with Crippen LogP contribution in [0.15, 0.2) is 72.0 Å². The van der Waals surface area contributed by atoms with Gasteiger partial charge in [0.15, 0.2) is 5.65 Å². The minimum atomic E-state index is 0.736. The molecule has 3 aromatic heterocycles. The molecule has 0 N–H and O–H groups in total. The van der Waals surface area contributed by atoms with Gasteiger partial charge < -0.3 is 0 Å². The van der Waals surface area contributed by atoms with Crippen LogP contribution in [0.5, 0.6) is 0 Å². The zero-order valence-corrected chi connectivity index (χ0v) is 13.0. The normalized spacial score (nSPS) is 11.0. The van der Waals surface area contributed by atoms with E-state index < -0.39 is 0 Å². The molecule has 0 aliphatic heterocycles. The van der Waals surface area contributed by atoms with Crippen LogP contribution in [0.4, 0.5) is 0 Å². The lowest BCUT2D eigenvalue weighted by Crippen LogP contribution is -1.97. The lowest BCUT2D eigenvalue weighted by atomic mass is 10.2. The van der Waals surface area contributed by atoms with Crippen molar-refractivity contribution in [2.45, 2.75) is 10.9 Å². The topological polar surface area (TPSA) is 56.0 Å². The van der Waals surface area contributed by atoms with Crippen molar-refractivity contribution in [2.24, 2.45) is 0 Å². The second-order valence-electron chi connectivity index (χ2n) is 4.96. The van der Waals surface area contributed by atoms with E-state index >= 15 is 0 Å². The van der Waals surface area contributed by atoms with Crippen LogP contribution in [0.2, 0.25) is 0 Å². The summed E-state index contributed by atoms with van der Waals surface area (Å²) in [5, 5.41) is 13.8. The Labute approximate surface area is 137 Å². The molecule has 5 nitrogen and oxygen atoms in total. The Hall–Kier alpha value is -2.73. The fourth-order valence-electron chi connectivity index (χ4n) is 2.23. The summed E-state index contributed by atoms with van der Waals surface area (Å²) in [6, 6.07) is 19.9. The first-order chi connectivity index (χ1) is 11.4. The Balaban J connectivity index is 1.65. The molecule has 0 spiro atoms. The van der Waals surface area contributed by atoms with Gasteiger partial charge in [-0.1, -0.05) is 48.2 Å². The maximum atomic E-state index is 4.63. The number of fused-ring (bicyclic) bond motifs is 1. The van der Waals surface area contributed by atoms with Gasteiger partial charge in [-0.25, -0.2) is 0 Å². The first-order valence-electron chi connectivity index (χ1n) is 7.21. The highest BCUT2D eigenvalue weighted by atomic mass is 32.2. The van der Waals surface area contributed by atoms with Crippen LogP contribution >= 0.6 is 11.8 Å². The van der Waals surface area contributed by atoms with Crippen molar-refractivity contribution >= 4 is 17.4 Å². The fraction of sp³-hybridized carbons (Fsp3) is 0.0588. The van der Waals surface area contributed by atoms with Gasteiger partial charge in [-0.05, 0) is 29.8 Å². The maximum Gasteiger partial charge on any atom is 0.212 e. The third-order valence-electron chi connectivity index (χ3n) is 3.37. The summed E-state index contributed by atoms with van der Waals surface area (Å²) in [5.41, 5.74) is 3.62. The van der Waals surface area contributed by atoms with Crippen LogP contribution in [0.3, 0.4) is 0 Å². The molecule has 0 saturated carbocycles. The molecule has 0 radical (unpaired) electrons. The van der Waals surface area contributed by atoms with Gasteiger partial charge in [-0.15, -0.1) is 10.2 Å². The van der Waals surface area contributed by atoms with Crippen molar-refractivity contribution in [3.63, 3.8) is 0 Å². The summed E-state index contributed by atoms with van der Waals surface area (Å²) < 4.78 is 1.78. The highest BCUT2D eigenvalue weighted by Crippen LogP contribution is 2.22. The lowest BCUT2D eigenvalue weighted by molar-refractivity contribution is 0.811. The van der Waals surface area contributed by atoms with E-state index in [9.17, 15) is 0 Å². The molecule has 23 heavy (non-hydrogen) atoms. The summed E-state index contributed by atoms with van der Waals surface area (Å²) in [4.78, 5) is 4.34. The van der Waals surface area contributed by atoms with Gasteiger partial charge in [0.25, 0.3) is 0 Å². The number of rotatable bonds is 4. The third-order valence-corrected chi connectivity index (χ3v) is 4.36. The van der Waals surface area contributed by atoms with Gasteiger partial charge in [0.05, 0.1) is 5.69 Å². The number of hydrogen-bond donors (Lipinski definition) is 0. The third kappa shape index (κ3) is 2.93. The van der Waals surface area contributed by atoms with Crippen molar-refractivity contribution in [3.8, 4) is 11.4 Å². The molecular formula is C17H13N5S. The molecule has 6 heteroatoms. The van der Waals surface area contributed by atoms with Gasteiger partial charge >= 0.3 is 0 Å². The molecule has 4 aromatic rings. The Morgan fingerprint density at radius 3 is 2.52 bits per heavy atom. The molecule has 0 bridgehead atoms. The highest BCUT2D eigenvalue weighted by molar-refractivity contribution is 7.98.